The zero-order valence-electron chi connectivity index (χ0n) is 18.6. The molecule has 0 unspecified atom stereocenters. The lowest BCUT2D eigenvalue weighted by Gasteiger charge is -2.25. The maximum Gasteiger partial charge on any atom is 0.342 e. The molecule has 1 saturated carbocycles. The molecule has 1 aliphatic rings. The molecule has 33 heavy (non-hydrogen) atoms. The van der Waals surface area contributed by atoms with Crippen LogP contribution < -0.4 is 10.6 Å². The van der Waals surface area contributed by atoms with Crippen molar-refractivity contribution in [1.82, 2.24) is 15.1 Å². The number of carbonyl (C=O) groups is 2. The number of amides is 2. The van der Waals surface area contributed by atoms with Gasteiger partial charge >= 0.3 is 6.03 Å². The van der Waals surface area contributed by atoms with E-state index in [1.54, 1.807) is 44.2 Å². The molecule has 2 aromatic carbocycles. The highest BCUT2D eigenvalue weighted by atomic mass is 19.1. The molecular weight excluding hydrogens is 423 g/mol. The van der Waals surface area contributed by atoms with Crippen LogP contribution in [0.2, 0.25) is 0 Å². The van der Waals surface area contributed by atoms with Crippen LogP contribution >= 0.6 is 0 Å². The molecule has 3 N–H and O–H groups in total. The Hall–Kier alpha value is -3.68. The van der Waals surface area contributed by atoms with Gasteiger partial charge in [0, 0.05) is 41.3 Å². The second-order valence-electron chi connectivity index (χ2n) is 8.62. The number of hydrogen-bond acceptors (Lipinski definition) is 4. The lowest BCUT2D eigenvalue weighted by Crippen LogP contribution is -2.31. The van der Waals surface area contributed by atoms with E-state index in [0.29, 0.717) is 22.5 Å². The molecule has 4 rings (SSSR count). The largest absolute Gasteiger partial charge is 0.507 e. The first kappa shape index (κ1) is 22.5. The summed E-state index contributed by atoms with van der Waals surface area (Å²) < 4.78 is 15.2. The summed E-state index contributed by atoms with van der Waals surface area (Å²) in [7, 11) is 0. The lowest BCUT2D eigenvalue weighted by atomic mass is 9.82. The fraction of sp³-hybridized carbons (Fsp3) is 0.320. The predicted molar refractivity (Wildman–Crippen MR) is 123 cm³/mol. The summed E-state index contributed by atoms with van der Waals surface area (Å²) in [6.45, 7) is 3.62. The van der Waals surface area contributed by atoms with Crippen molar-refractivity contribution < 1.29 is 19.1 Å². The smallest absolute Gasteiger partial charge is 0.342 e. The second kappa shape index (κ2) is 9.44. The Morgan fingerprint density at radius 3 is 2.58 bits per heavy atom. The number of nitrogens with zero attached hydrogens (tertiary/aromatic N) is 2. The first-order valence-electron chi connectivity index (χ1n) is 11.1. The van der Waals surface area contributed by atoms with E-state index in [1.165, 1.54) is 16.8 Å². The van der Waals surface area contributed by atoms with Gasteiger partial charge in [-0.1, -0.05) is 38.5 Å². The maximum atomic E-state index is 13.9. The van der Waals surface area contributed by atoms with Gasteiger partial charge in [0.15, 0.2) is 0 Å². The highest BCUT2D eigenvalue weighted by Crippen LogP contribution is 2.39. The summed E-state index contributed by atoms with van der Waals surface area (Å²) in [5.41, 5.74) is 2.55. The van der Waals surface area contributed by atoms with E-state index >= 15 is 0 Å². The van der Waals surface area contributed by atoms with Crippen LogP contribution in [0.15, 0.2) is 48.5 Å². The molecule has 1 fully saturated rings. The number of aromatic nitrogens is 2. The zero-order valence-corrected chi connectivity index (χ0v) is 18.6. The zero-order chi connectivity index (χ0) is 23.5. The maximum absolute atomic E-state index is 13.9. The third-order valence-corrected chi connectivity index (χ3v) is 5.91. The summed E-state index contributed by atoms with van der Waals surface area (Å²) in [4.78, 5) is 24.8. The van der Waals surface area contributed by atoms with E-state index in [9.17, 15) is 19.1 Å². The Labute approximate surface area is 191 Å². The molecule has 0 bridgehead atoms. The minimum atomic E-state index is -0.452. The van der Waals surface area contributed by atoms with Crippen LogP contribution in [-0.4, -0.2) is 26.8 Å². The van der Waals surface area contributed by atoms with E-state index in [4.69, 9.17) is 0 Å². The van der Waals surface area contributed by atoms with Crippen molar-refractivity contribution in [3.05, 3.63) is 65.6 Å². The molecule has 8 heteroatoms. The molecule has 7 nitrogen and oxygen atoms in total. The summed E-state index contributed by atoms with van der Waals surface area (Å²) >= 11 is 0. The highest BCUT2D eigenvalue weighted by Gasteiger charge is 2.27. The van der Waals surface area contributed by atoms with Gasteiger partial charge in [-0.3, -0.25) is 4.79 Å². The number of aromatic hydroxyl groups is 1. The normalized spacial score (nSPS) is 13.6. The van der Waals surface area contributed by atoms with Crippen molar-refractivity contribution in [2.45, 2.75) is 45.6 Å². The molecule has 0 radical (unpaired) electrons. The van der Waals surface area contributed by atoms with Gasteiger partial charge in [0.2, 0.25) is 5.91 Å². The van der Waals surface area contributed by atoms with Crippen molar-refractivity contribution in [3.63, 3.8) is 0 Å². The quantitative estimate of drug-likeness (QED) is 0.492. The third-order valence-electron chi connectivity index (χ3n) is 5.91. The standard InChI is InChI=1S/C25H27FN4O3/c1-15(2)24(32)28-18-10-11-19(23(31)12-18)21-13-22(16-7-5-8-16)30(29-21)25(33)27-14-17-6-3-4-9-20(17)26/h3-4,6,9-13,15-16,31H,5,7-8,14H2,1-2H3,(H,27,33)(H,28,32). The Kier molecular flexibility index (Phi) is 6.44. The monoisotopic (exact) mass is 450 g/mol. The molecule has 0 atom stereocenters. The van der Waals surface area contributed by atoms with Crippen molar-refractivity contribution in [2.24, 2.45) is 5.92 Å². The average molecular weight is 451 g/mol. The van der Waals surface area contributed by atoms with Gasteiger partial charge in [-0.15, -0.1) is 0 Å². The summed E-state index contributed by atoms with van der Waals surface area (Å²) in [6, 6.07) is 12.5. The Morgan fingerprint density at radius 1 is 1.18 bits per heavy atom. The van der Waals surface area contributed by atoms with Crippen LogP contribution in [0.1, 0.15) is 50.3 Å². The Balaban J connectivity index is 1.58. The van der Waals surface area contributed by atoms with E-state index in [0.717, 1.165) is 25.0 Å². The number of rotatable bonds is 6. The van der Waals surface area contributed by atoms with Crippen LogP contribution in [-0.2, 0) is 11.3 Å². The highest BCUT2D eigenvalue weighted by molar-refractivity contribution is 5.92. The lowest BCUT2D eigenvalue weighted by molar-refractivity contribution is -0.118. The molecule has 1 aromatic heterocycles. The fourth-order valence-corrected chi connectivity index (χ4v) is 3.68. The van der Waals surface area contributed by atoms with E-state index in [-0.39, 0.29) is 35.9 Å². The number of anilines is 1. The SMILES string of the molecule is CC(C)C(=O)Nc1ccc(-c2cc(C3CCC3)n(C(=O)NCc3ccccc3F)n2)c(O)c1. The van der Waals surface area contributed by atoms with Gasteiger partial charge in [0.25, 0.3) is 0 Å². The summed E-state index contributed by atoms with van der Waals surface area (Å²) in [5, 5.41) is 20.5. The second-order valence-corrected chi connectivity index (χ2v) is 8.62. The van der Waals surface area contributed by atoms with Crippen LogP contribution in [0.3, 0.4) is 0 Å². The number of benzene rings is 2. The third kappa shape index (κ3) is 4.89. The molecule has 172 valence electrons. The van der Waals surface area contributed by atoms with Gasteiger partial charge in [0.05, 0.1) is 11.4 Å². The van der Waals surface area contributed by atoms with Crippen molar-refractivity contribution in [2.75, 3.05) is 5.32 Å². The first-order valence-corrected chi connectivity index (χ1v) is 11.1. The minimum absolute atomic E-state index is 0.0420. The number of nitrogens with one attached hydrogen (secondary N) is 2. The Morgan fingerprint density at radius 2 is 1.94 bits per heavy atom. The van der Waals surface area contributed by atoms with Crippen LogP contribution in [0, 0.1) is 11.7 Å². The van der Waals surface area contributed by atoms with Gasteiger partial charge in [-0.2, -0.15) is 9.78 Å². The van der Waals surface area contributed by atoms with Gasteiger partial charge in [0.1, 0.15) is 11.6 Å². The van der Waals surface area contributed by atoms with E-state index in [2.05, 4.69) is 15.7 Å². The number of halogens is 1. The molecule has 3 aromatic rings. The first-order chi connectivity index (χ1) is 15.8. The van der Waals surface area contributed by atoms with Crippen molar-refractivity contribution in [1.29, 1.82) is 0 Å². The fourth-order valence-electron chi connectivity index (χ4n) is 3.68. The van der Waals surface area contributed by atoms with Crippen molar-refractivity contribution >= 4 is 17.6 Å². The van der Waals surface area contributed by atoms with Gasteiger partial charge < -0.3 is 15.7 Å². The molecule has 0 aliphatic heterocycles. The van der Waals surface area contributed by atoms with E-state index in [1.807, 2.05) is 6.07 Å². The van der Waals surface area contributed by atoms with Crippen molar-refractivity contribution in [3.8, 4) is 17.0 Å². The van der Waals surface area contributed by atoms with Gasteiger partial charge in [-0.25, -0.2) is 9.18 Å². The Bertz CT molecular complexity index is 1180. The van der Waals surface area contributed by atoms with Crippen LogP contribution in [0.25, 0.3) is 11.3 Å². The van der Waals surface area contributed by atoms with E-state index < -0.39 is 6.03 Å². The molecular formula is C25H27FN4O3. The summed E-state index contributed by atoms with van der Waals surface area (Å²) in [6.07, 6.45) is 2.99. The molecule has 0 spiro atoms. The molecule has 1 aliphatic carbocycles. The number of carbonyl (C=O) groups excluding carboxylic acids is 2. The minimum Gasteiger partial charge on any atom is -0.507 e. The molecule has 2 amide bonds. The van der Waals surface area contributed by atoms with Crippen LogP contribution in [0.5, 0.6) is 5.75 Å². The number of phenolic OH excluding ortho intramolecular Hbond substituents is 1. The average Bonchev–Trinajstić information content (AvgIpc) is 3.16. The predicted octanol–water partition coefficient (Wildman–Crippen LogP) is 5.01. The number of hydrogen-bond donors (Lipinski definition) is 3. The van der Waals surface area contributed by atoms with Gasteiger partial charge in [-0.05, 0) is 37.1 Å². The molecule has 1 heterocycles. The molecule has 0 saturated heterocycles. The van der Waals surface area contributed by atoms with Crippen LogP contribution in [0.4, 0.5) is 14.9 Å². The summed E-state index contributed by atoms with van der Waals surface area (Å²) in [5.74, 6) is -0.557. The topological polar surface area (TPSA) is 96.3 Å². The number of phenols is 1.